The number of quaternary nitrogens is 1. The lowest BCUT2D eigenvalue weighted by molar-refractivity contribution is -0.966. The first-order chi connectivity index (χ1) is 18.3. The molecule has 1 aromatic carbocycles. The van der Waals surface area contributed by atoms with Gasteiger partial charge in [-0.3, -0.25) is 4.79 Å². The molecule has 2 amide bonds. The number of pyridine rings is 1. The van der Waals surface area contributed by atoms with E-state index in [1.54, 1.807) is 0 Å². The third-order valence-electron chi connectivity index (χ3n) is 9.27. The quantitative estimate of drug-likeness (QED) is 0.379. The van der Waals surface area contributed by atoms with Gasteiger partial charge in [-0.25, -0.2) is 19.2 Å². The number of nitrogens with one attached hydrogen (secondary N) is 1. The fourth-order valence-corrected chi connectivity index (χ4v) is 8.12. The number of aryl methyl sites for hydroxylation is 1. The molecule has 5 heterocycles. The fourth-order valence-electron chi connectivity index (χ4n) is 7.00. The maximum absolute atomic E-state index is 13.9. The van der Waals surface area contributed by atoms with Crippen LogP contribution < -0.4 is 11.1 Å². The summed E-state index contributed by atoms with van der Waals surface area (Å²) >= 11 is 1.81. The van der Waals surface area contributed by atoms with Gasteiger partial charge in [-0.1, -0.05) is 13.0 Å². The molecule has 2 aromatic heterocycles. The second kappa shape index (κ2) is 9.70. The predicted octanol–water partition coefficient (Wildman–Crippen LogP) is 4.48. The number of thiazole rings is 1. The summed E-state index contributed by atoms with van der Waals surface area (Å²) in [4.78, 5) is 38.8. The van der Waals surface area contributed by atoms with E-state index in [0.29, 0.717) is 36.3 Å². The van der Waals surface area contributed by atoms with E-state index in [2.05, 4.69) is 47.4 Å². The number of amides is 2. The van der Waals surface area contributed by atoms with Crippen LogP contribution in [0.1, 0.15) is 67.6 Å². The summed E-state index contributed by atoms with van der Waals surface area (Å²) in [6.45, 7) is 7.05. The van der Waals surface area contributed by atoms with Crippen molar-refractivity contribution in [1.82, 2.24) is 14.9 Å². The normalized spacial score (nSPS) is 27.7. The summed E-state index contributed by atoms with van der Waals surface area (Å²) in [5, 5.41) is 4.05. The van der Waals surface area contributed by atoms with E-state index < -0.39 is 5.91 Å². The van der Waals surface area contributed by atoms with Gasteiger partial charge in [0.1, 0.15) is 11.9 Å². The Balaban J connectivity index is 1.27. The number of nitrogen functional groups attached to an aromatic ring is 1. The number of likely N-dealkylation sites (tertiary alicyclic amines) is 1. The van der Waals surface area contributed by atoms with Gasteiger partial charge >= 0.3 is 11.8 Å². The van der Waals surface area contributed by atoms with Crippen LogP contribution in [0.2, 0.25) is 0 Å². The zero-order chi connectivity index (χ0) is 26.6. The molecule has 2 bridgehead atoms. The molecule has 3 aromatic rings. The molecule has 8 nitrogen and oxygen atoms in total. The number of fused-ring (bicyclic) bond motifs is 3. The summed E-state index contributed by atoms with van der Waals surface area (Å²) in [6.07, 6.45) is 6.56. The number of carbonyl (C=O) groups excluding carboxylic acids is 2. The number of nitrogens with two attached hydrogens (primary N) is 1. The Hall–Kier alpha value is -2.88. The maximum Gasteiger partial charge on any atom is 0.404 e. The first kappa shape index (κ1) is 25.4. The Morgan fingerprint density at radius 2 is 1.97 bits per heavy atom. The monoisotopic (exact) mass is 533 g/mol. The smallest absolute Gasteiger partial charge is 0.383 e. The number of piperidine rings is 3. The van der Waals surface area contributed by atoms with E-state index >= 15 is 0 Å². The van der Waals surface area contributed by atoms with Crippen molar-refractivity contribution in [2.24, 2.45) is 5.92 Å². The Bertz CT molecular complexity index is 1400. The van der Waals surface area contributed by atoms with E-state index in [0.717, 1.165) is 55.4 Å². The minimum atomic E-state index is -0.574. The molecule has 9 heteroatoms. The number of aromatic nitrogens is 2. The number of hydrogen-bond donors (Lipinski definition) is 2. The van der Waals surface area contributed by atoms with Crippen LogP contribution in [0.4, 0.5) is 11.5 Å². The van der Waals surface area contributed by atoms with E-state index in [4.69, 9.17) is 10.7 Å². The average molecular weight is 534 g/mol. The third-order valence-corrected chi connectivity index (χ3v) is 10.5. The van der Waals surface area contributed by atoms with Crippen LogP contribution in [0, 0.1) is 5.92 Å². The van der Waals surface area contributed by atoms with Gasteiger partial charge in [-0.2, -0.15) is 0 Å². The minimum absolute atomic E-state index is 0.00868. The van der Waals surface area contributed by atoms with Crippen LogP contribution in [0.5, 0.6) is 0 Å². The van der Waals surface area contributed by atoms with Crippen molar-refractivity contribution in [3.63, 3.8) is 0 Å². The highest BCUT2D eigenvalue weighted by molar-refractivity contribution is 7.18. The molecule has 4 atom stereocenters. The first-order valence-electron chi connectivity index (χ1n) is 13.9. The SMILES string of the molecule is CCc1cc(NC(=O)C(=O)[N+]23CC(CCC2C)C3c2ccc3sc(C4CCN(C)CC4)nc3c2)cnc1N. The largest absolute Gasteiger partial charge is 0.404 e. The second-order valence-electron chi connectivity index (χ2n) is 11.5. The van der Waals surface area contributed by atoms with Gasteiger partial charge in [-0.15, -0.1) is 11.3 Å². The highest BCUT2D eigenvalue weighted by Crippen LogP contribution is 2.55. The lowest BCUT2D eigenvalue weighted by atomic mass is 9.70. The van der Waals surface area contributed by atoms with E-state index in [9.17, 15) is 9.59 Å². The number of benzene rings is 1. The van der Waals surface area contributed by atoms with Gasteiger partial charge in [0.2, 0.25) is 0 Å². The fraction of sp³-hybridized carbons (Fsp3) is 0.517. The molecule has 4 unspecified atom stereocenters. The summed E-state index contributed by atoms with van der Waals surface area (Å²) in [7, 11) is 2.18. The van der Waals surface area contributed by atoms with Gasteiger partial charge in [0.25, 0.3) is 0 Å². The highest BCUT2D eigenvalue weighted by Gasteiger charge is 2.66. The molecule has 3 N–H and O–H groups in total. The molecule has 38 heavy (non-hydrogen) atoms. The highest BCUT2D eigenvalue weighted by atomic mass is 32.1. The zero-order valence-corrected chi connectivity index (χ0v) is 23.3. The lowest BCUT2D eigenvalue weighted by Crippen LogP contribution is -2.76. The van der Waals surface area contributed by atoms with Crippen LogP contribution in [-0.2, 0) is 16.0 Å². The van der Waals surface area contributed by atoms with Crippen molar-refractivity contribution >= 4 is 44.9 Å². The van der Waals surface area contributed by atoms with Gasteiger partial charge in [0, 0.05) is 17.9 Å². The summed E-state index contributed by atoms with van der Waals surface area (Å²) in [5.41, 5.74) is 9.44. The lowest BCUT2D eigenvalue weighted by Gasteiger charge is -2.61. The van der Waals surface area contributed by atoms with Crippen molar-refractivity contribution in [1.29, 1.82) is 0 Å². The summed E-state index contributed by atoms with van der Waals surface area (Å²) in [6, 6.07) is 8.42. The third kappa shape index (κ3) is 4.12. The number of nitrogens with zero attached hydrogens (tertiary/aromatic N) is 4. The Morgan fingerprint density at radius 3 is 2.71 bits per heavy atom. The zero-order valence-electron chi connectivity index (χ0n) is 22.4. The van der Waals surface area contributed by atoms with E-state index in [1.807, 2.05) is 24.3 Å². The summed E-state index contributed by atoms with van der Waals surface area (Å²) in [5.74, 6) is 0.440. The number of carbonyl (C=O) groups is 2. The number of anilines is 2. The van der Waals surface area contributed by atoms with Gasteiger partial charge in [0.05, 0.1) is 45.6 Å². The van der Waals surface area contributed by atoms with Crippen LogP contribution in [0.3, 0.4) is 0 Å². The minimum Gasteiger partial charge on any atom is -0.383 e. The molecule has 200 valence electrons. The molecule has 0 saturated carbocycles. The molecule has 3 saturated heterocycles. The van der Waals surface area contributed by atoms with Crippen LogP contribution >= 0.6 is 11.3 Å². The second-order valence-corrected chi connectivity index (χ2v) is 12.5. The summed E-state index contributed by atoms with van der Waals surface area (Å²) < 4.78 is 1.39. The predicted molar refractivity (Wildman–Crippen MR) is 151 cm³/mol. The van der Waals surface area contributed by atoms with Crippen molar-refractivity contribution in [2.45, 2.75) is 64.0 Å². The van der Waals surface area contributed by atoms with Gasteiger partial charge in [-0.05, 0) is 76.5 Å². The molecule has 3 aliphatic rings. The number of hydrogen-bond acceptors (Lipinski definition) is 7. The van der Waals surface area contributed by atoms with Crippen molar-refractivity contribution in [3.05, 3.63) is 46.6 Å². The van der Waals surface area contributed by atoms with Crippen molar-refractivity contribution < 1.29 is 14.1 Å². The maximum atomic E-state index is 13.9. The van der Waals surface area contributed by atoms with Crippen LogP contribution in [0.15, 0.2) is 30.5 Å². The van der Waals surface area contributed by atoms with Crippen molar-refractivity contribution in [2.75, 3.05) is 37.7 Å². The van der Waals surface area contributed by atoms with Crippen molar-refractivity contribution in [3.8, 4) is 0 Å². The average Bonchev–Trinajstić information content (AvgIpc) is 3.33. The Morgan fingerprint density at radius 1 is 1.18 bits per heavy atom. The van der Waals surface area contributed by atoms with E-state index in [-0.39, 0.29) is 22.5 Å². The molecule has 0 aliphatic carbocycles. The van der Waals surface area contributed by atoms with Crippen LogP contribution in [-0.4, -0.2) is 63.9 Å². The standard InChI is InChI=1S/C29H36N6O2S/c1-4-18-13-22(15-31-26(18)30)32-27(36)29(37)35-16-21(6-5-17(35)2)25(35)20-7-8-24-23(14-20)33-28(38-24)19-9-11-34(3)12-10-19/h7-8,13-15,17,19,21,25H,4-6,9-12,16H2,1-3H3,(H2-,30,31,32,36,37)/p+1. The number of rotatable bonds is 4. The molecule has 3 fully saturated rings. The molecule has 0 radical (unpaired) electrons. The topological polar surface area (TPSA) is 101 Å². The molecular formula is C29H37N6O2S+. The first-order valence-corrected chi connectivity index (χ1v) is 14.7. The Labute approximate surface area is 227 Å². The van der Waals surface area contributed by atoms with Crippen LogP contribution in [0.25, 0.3) is 10.2 Å². The molecule has 3 aliphatic heterocycles. The van der Waals surface area contributed by atoms with Gasteiger partial charge in [0.15, 0.2) is 0 Å². The Kier molecular flexibility index (Phi) is 6.48. The van der Waals surface area contributed by atoms with E-state index in [1.165, 1.54) is 15.9 Å². The molecular weight excluding hydrogens is 496 g/mol. The van der Waals surface area contributed by atoms with Gasteiger partial charge < -0.3 is 16.0 Å². The molecule has 0 spiro atoms. The molecule has 6 rings (SSSR count).